The molecule has 0 fully saturated rings. The number of hydrogen-bond acceptors (Lipinski definition) is 8. The molecule has 0 spiro atoms. The van der Waals surface area contributed by atoms with Crippen LogP contribution in [0.5, 0.6) is 28.7 Å². The van der Waals surface area contributed by atoms with Gasteiger partial charge in [-0.2, -0.15) is 0 Å². The molecule has 182 valence electrons. The molecule has 0 amide bonds. The summed E-state index contributed by atoms with van der Waals surface area (Å²) in [5, 5.41) is 0.713. The van der Waals surface area contributed by atoms with Gasteiger partial charge in [0.25, 0.3) is 0 Å². The van der Waals surface area contributed by atoms with Crippen LogP contribution in [0, 0.1) is 6.92 Å². The van der Waals surface area contributed by atoms with E-state index in [0.717, 1.165) is 0 Å². The molecule has 0 radical (unpaired) electrons. The predicted octanol–water partition coefficient (Wildman–Crippen LogP) is 5.60. The van der Waals surface area contributed by atoms with E-state index in [1.165, 1.54) is 14.2 Å². The Balaban J connectivity index is 1.42. The van der Waals surface area contributed by atoms with Gasteiger partial charge in [-0.05, 0) is 49.4 Å². The molecule has 0 N–H and O–H groups in total. The van der Waals surface area contributed by atoms with Crippen molar-refractivity contribution >= 4 is 28.8 Å². The average molecular weight is 486 g/mol. The molecule has 2 heterocycles. The molecule has 0 saturated heterocycles. The van der Waals surface area contributed by atoms with Gasteiger partial charge in [0.2, 0.25) is 11.5 Å². The number of carbonyl (C=O) groups excluding carboxylic acids is 2. The highest BCUT2D eigenvalue weighted by molar-refractivity contribution is 6.15. The highest BCUT2D eigenvalue weighted by Gasteiger charge is 2.31. The molecule has 1 aromatic heterocycles. The number of ketones is 1. The number of Topliss-reactive ketones (excluding diaryl/α,β-unsaturated/α-hetero) is 1. The summed E-state index contributed by atoms with van der Waals surface area (Å²) in [5.74, 6) is 1.44. The van der Waals surface area contributed by atoms with Gasteiger partial charge in [-0.15, -0.1) is 0 Å². The van der Waals surface area contributed by atoms with Crippen molar-refractivity contribution in [2.75, 3.05) is 21.3 Å². The van der Waals surface area contributed by atoms with Crippen molar-refractivity contribution in [3.8, 4) is 28.7 Å². The van der Waals surface area contributed by atoms with Crippen LogP contribution in [0.15, 0.2) is 64.8 Å². The van der Waals surface area contributed by atoms with Gasteiger partial charge in [-0.25, -0.2) is 4.79 Å². The smallest absolute Gasteiger partial charge is 0.379 e. The zero-order valence-electron chi connectivity index (χ0n) is 20.0. The van der Waals surface area contributed by atoms with Gasteiger partial charge < -0.3 is 28.1 Å². The molecular weight excluding hydrogens is 464 g/mol. The summed E-state index contributed by atoms with van der Waals surface area (Å²) in [7, 11) is 4.62. The number of rotatable bonds is 6. The van der Waals surface area contributed by atoms with E-state index in [-0.39, 0.29) is 23.1 Å². The highest BCUT2D eigenvalue weighted by atomic mass is 16.6. The summed E-state index contributed by atoms with van der Waals surface area (Å²) in [6.07, 6.45) is 1.60. The van der Waals surface area contributed by atoms with Gasteiger partial charge in [0.15, 0.2) is 17.1 Å². The second-order valence-corrected chi connectivity index (χ2v) is 7.99. The molecule has 0 atom stereocenters. The molecule has 5 rings (SSSR count). The lowest BCUT2D eigenvalue weighted by Gasteiger charge is -2.09. The largest absolute Gasteiger partial charge is 0.497 e. The Labute approximate surface area is 206 Å². The first-order chi connectivity index (χ1) is 17.4. The van der Waals surface area contributed by atoms with E-state index < -0.39 is 5.97 Å². The fourth-order valence-electron chi connectivity index (χ4n) is 4.01. The van der Waals surface area contributed by atoms with E-state index in [9.17, 15) is 9.59 Å². The summed E-state index contributed by atoms with van der Waals surface area (Å²) in [6, 6.07) is 15.3. The fraction of sp³-hybridized carbons (Fsp3) is 0.143. The molecule has 4 aromatic rings. The molecule has 36 heavy (non-hydrogen) atoms. The first-order valence-electron chi connectivity index (χ1n) is 11.0. The maximum atomic E-state index is 13.0. The topological polar surface area (TPSA) is 93.4 Å². The Morgan fingerprint density at radius 2 is 1.69 bits per heavy atom. The molecule has 3 aromatic carbocycles. The van der Waals surface area contributed by atoms with E-state index in [1.807, 2.05) is 6.07 Å². The summed E-state index contributed by atoms with van der Waals surface area (Å²) >= 11 is 0. The van der Waals surface area contributed by atoms with Crippen molar-refractivity contribution in [3.05, 3.63) is 82.8 Å². The van der Waals surface area contributed by atoms with Gasteiger partial charge in [-0.3, -0.25) is 4.79 Å². The number of hydrogen-bond donors (Lipinski definition) is 0. The normalized spacial score (nSPS) is 13.4. The van der Waals surface area contributed by atoms with Crippen molar-refractivity contribution in [1.29, 1.82) is 0 Å². The Kier molecular flexibility index (Phi) is 5.85. The Morgan fingerprint density at radius 3 is 2.44 bits per heavy atom. The number of benzene rings is 3. The van der Waals surface area contributed by atoms with Gasteiger partial charge >= 0.3 is 5.97 Å². The Morgan fingerprint density at radius 1 is 0.889 bits per heavy atom. The molecule has 0 aliphatic carbocycles. The number of methoxy groups -OCH3 is 3. The Hall–Kier alpha value is -4.72. The van der Waals surface area contributed by atoms with Crippen LogP contribution in [0.1, 0.15) is 32.0 Å². The molecule has 8 heteroatoms. The number of furan rings is 1. The number of carbonyl (C=O) groups is 2. The van der Waals surface area contributed by atoms with E-state index in [1.54, 1.807) is 68.6 Å². The monoisotopic (exact) mass is 486 g/mol. The van der Waals surface area contributed by atoms with Crippen molar-refractivity contribution in [1.82, 2.24) is 0 Å². The van der Waals surface area contributed by atoms with Gasteiger partial charge in [-0.1, -0.05) is 12.1 Å². The number of allylic oxidation sites excluding steroid dienone is 1. The molecule has 0 unspecified atom stereocenters. The zero-order valence-corrected chi connectivity index (χ0v) is 20.0. The van der Waals surface area contributed by atoms with Crippen molar-refractivity contribution in [2.45, 2.75) is 6.92 Å². The van der Waals surface area contributed by atoms with Crippen LogP contribution in [0.3, 0.4) is 0 Å². The average Bonchev–Trinajstić information content (AvgIpc) is 3.47. The first-order valence-corrected chi connectivity index (χ1v) is 11.0. The summed E-state index contributed by atoms with van der Waals surface area (Å²) in [6.45, 7) is 1.72. The Bertz CT molecular complexity index is 1540. The molecule has 1 aliphatic heterocycles. The van der Waals surface area contributed by atoms with Crippen LogP contribution in [-0.2, 0) is 0 Å². The predicted molar refractivity (Wildman–Crippen MR) is 131 cm³/mol. The number of ether oxygens (including phenoxy) is 5. The summed E-state index contributed by atoms with van der Waals surface area (Å²) in [5.41, 5.74) is 1.99. The maximum Gasteiger partial charge on any atom is 0.379 e. The summed E-state index contributed by atoms with van der Waals surface area (Å²) < 4.78 is 33.1. The number of fused-ring (bicyclic) bond motifs is 2. The van der Waals surface area contributed by atoms with E-state index in [4.69, 9.17) is 28.1 Å². The third-order valence-electron chi connectivity index (χ3n) is 5.90. The zero-order chi connectivity index (χ0) is 25.4. The van der Waals surface area contributed by atoms with Gasteiger partial charge in [0, 0.05) is 22.6 Å². The van der Waals surface area contributed by atoms with Crippen molar-refractivity contribution < 1.29 is 37.7 Å². The lowest BCUT2D eigenvalue weighted by Crippen LogP contribution is -2.08. The van der Waals surface area contributed by atoms with Crippen LogP contribution in [0.4, 0.5) is 0 Å². The van der Waals surface area contributed by atoms with Crippen molar-refractivity contribution in [2.24, 2.45) is 0 Å². The molecule has 1 aliphatic rings. The minimum absolute atomic E-state index is 0.0265. The quantitative estimate of drug-likeness (QED) is 0.197. The van der Waals surface area contributed by atoms with Crippen LogP contribution in [0.2, 0.25) is 0 Å². The summed E-state index contributed by atoms with van der Waals surface area (Å²) in [4.78, 5) is 25.8. The number of esters is 1. The van der Waals surface area contributed by atoms with Crippen LogP contribution < -0.4 is 23.7 Å². The molecule has 0 bridgehead atoms. The van der Waals surface area contributed by atoms with E-state index in [0.29, 0.717) is 50.7 Å². The lowest BCUT2D eigenvalue weighted by molar-refractivity contribution is 0.0702. The lowest BCUT2D eigenvalue weighted by atomic mass is 10.1. The van der Waals surface area contributed by atoms with Crippen LogP contribution in [-0.4, -0.2) is 33.1 Å². The van der Waals surface area contributed by atoms with E-state index in [2.05, 4.69) is 0 Å². The first kappa shape index (κ1) is 23.0. The second kappa shape index (κ2) is 9.14. The second-order valence-electron chi connectivity index (χ2n) is 7.99. The molecule has 8 nitrogen and oxygen atoms in total. The third kappa shape index (κ3) is 3.92. The van der Waals surface area contributed by atoms with Crippen LogP contribution >= 0.6 is 0 Å². The SMILES string of the molecule is COc1ccc(/C=C2\Oc3c(ccc(OC(=O)c4cc5cccc(OC)c5o4)c3C)C2=O)c(OC)c1. The minimum Gasteiger partial charge on any atom is -0.497 e. The third-order valence-corrected chi connectivity index (χ3v) is 5.90. The molecule has 0 saturated carbocycles. The molecular formula is C28H22O8. The van der Waals surface area contributed by atoms with Gasteiger partial charge in [0.1, 0.15) is 23.0 Å². The highest BCUT2D eigenvalue weighted by Crippen LogP contribution is 2.40. The van der Waals surface area contributed by atoms with Gasteiger partial charge in [0.05, 0.1) is 26.9 Å². The van der Waals surface area contributed by atoms with E-state index >= 15 is 0 Å². The fourth-order valence-corrected chi connectivity index (χ4v) is 4.01. The number of para-hydroxylation sites is 1. The maximum absolute atomic E-state index is 13.0. The minimum atomic E-state index is -0.681. The van der Waals surface area contributed by atoms with Crippen molar-refractivity contribution in [3.63, 3.8) is 0 Å². The standard InChI is InChI=1S/C28H22O8/c1-15-20(36-28(30)24-13-17-6-5-7-21(32-3)27(17)35-24)11-10-19-25(29)23(34-26(15)19)12-16-8-9-18(31-2)14-22(16)33-4/h5-14H,1-4H3/b23-12-. The van der Waals surface area contributed by atoms with Crippen LogP contribution in [0.25, 0.3) is 17.0 Å².